The Hall–Kier alpha value is -0.440. The maximum atomic E-state index is 13.3. The summed E-state index contributed by atoms with van der Waals surface area (Å²) in [6.07, 6.45) is 2.40. The smallest absolute Gasteiger partial charge is 0.126 e. The third-order valence-electron chi connectivity index (χ3n) is 2.85. The van der Waals surface area contributed by atoms with Gasteiger partial charge in [-0.3, -0.25) is 0 Å². The summed E-state index contributed by atoms with van der Waals surface area (Å²) in [6.45, 7) is 6.49. The van der Waals surface area contributed by atoms with E-state index in [-0.39, 0.29) is 17.0 Å². The van der Waals surface area contributed by atoms with E-state index in [0.29, 0.717) is 16.8 Å². The lowest BCUT2D eigenvalue weighted by atomic mass is 9.89. The summed E-state index contributed by atoms with van der Waals surface area (Å²) in [4.78, 5) is 0.395. The summed E-state index contributed by atoms with van der Waals surface area (Å²) in [5.74, 6) is -0.680. The highest BCUT2D eigenvalue weighted by molar-refractivity contribution is 9.09. The van der Waals surface area contributed by atoms with Crippen LogP contribution in [0, 0.1) is 17.0 Å². The monoisotopic (exact) mass is 304 g/mol. The van der Waals surface area contributed by atoms with Gasteiger partial charge in [0.2, 0.25) is 0 Å². The van der Waals surface area contributed by atoms with Crippen LogP contribution in [0.1, 0.15) is 39.2 Å². The highest BCUT2D eigenvalue weighted by Crippen LogP contribution is 2.30. The van der Waals surface area contributed by atoms with Crippen molar-refractivity contribution in [3.63, 3.8) is 0 Å². The van der Waals surface area contributed by atoms with Gasteiger partial charge in [-0.2, -0.15) is 0 Å². The average Bonchev–Trinajstić information content (AvgIpc) is 2.21. The Kier molecular flexibility index (Phi) is 5.11. The predicted molar refractivity (Wildman–Crippen MR) is 71.5 cm³/mol. The van der Waals surface area contributed by atoms with Gasteiger partial charge in [-0.1, -0.05) is 36.7 Å². The first-order valence-electron chi connectivity index (χ1n) is 5.88. The number of hydrogen-bond donors (Lipinski definition) is 0. The second-order valence-electron chi connectivity index (χ2n) is 5.46. The van der Waals surface area contributed by atoms with Gasteiger partial charge in [0.1, 0.15) is 11.6 Å². The van der Waals surface area contributed by atoms with Crippen molar-refractivity contribution in [1.29, 1.82) is 0 Å². The summed E-state index contributed by atoms with van der Waals surface area (Å²) in [7, 11) is 0. The van der Waals surface area contributed by atoms with E-state index < -0.39 is 0 Å². The Bertz CT molecular complexity index is 369. The molecule has 0 fully saturated rings. The maximum Gasteiger partial charge on any atom is 0.126 e. The normalized spacial score (nSPS) is 13.8. The van der Waals surface area contributed by atoms with Gasteiger partial charge in [-0.25, -0.2) is 8.78 Å². The maximum absolute atomic E-state index is 13.3. The fourth-order valence-corrected chi connectivity index (χ4v) is 1.96. The van der Waals surface area contributed by atoms with Gasteiger partial charge in [0, 0.05) is 4.83 Å². The van der Waals surface area contributed by atoms with Gasteiger partial charge >= 0.3 is 0 Å². The molecule has 0 aliphatic heterocycles. The van der Waals surface area contributed by atoms with Crippen LogP contribution in [0.25, 0.3) is 0 Å². The lowest BCUT2D eigenvalue weighted by Gasteiger charge is -2.25. The van der Waals surface area contributed by atoms with Crippen LogP contribution in [-0.4, -0.2) is 4.83 Å². The van der Waals surface area contributed by atoms with E-state index in [1.807, 2.05) is 0 Å². The van der Waals surface area contributed by atoms with Crippen molar-refractivity contribution >= 4 is 15.9 Å². The van der Waals surface area contributed by atoms with E-state index in [2.05, 4.69) is 36.7 Å². The van der Waals surface area contributed by atoms with E-state index in [1.165, 1.54) is 12.1 Å². The van der Waals surface area contributed by atoms with Crippen molar-refractivity contribution in [1.82, 2.24) is 0 Å². The molecule has 0 spiro atoms. The van der Waals surface area contributed by atoms with Gasteiger partial charge in [0.15, 0.2) is 0 Å². The van der Waals surface area contributed by atoms with Gasteiger partial charge < -0.3 is 0 Å². The van der Waals surface area contributed by atoms with Gasteiger partial charge in [-0.05, 0) is 48.4 Å². The first kappa shape index (κ1) is 14.6. The van der Waals surface area contributed by atoms with Crippen LogP contribution >= 0.6 is 15.9 Å². The predicted octanol–water partition coefficient (Wildman–Crippen LogP) is 5.10. The quantitative estimate of drug-likeness (QED) is 0.679. The van der Waals surface area contributed by atoms with E-state index in [1.54, 1.807) is 0 Å². The molecule has 1 aromatic rings. The molecule has 1 rings (SSSR count). The molecule has 0 aliphatic rings. The van der Waals surface area contributed by atoms with E-state index >= 15 is 0 Å². The van der Waals surface area contributed by atoms with Crippen molar-refractivity contribution in [3.8, 4) is 0 Å². The van der Waals surface area contributed by atoms with Crippen LogP contribution in [0.5, 0.6) is 0 Å². The molecule has 0 saturated carbocycles. The second-order valence-corrected chi connectivity index (χ2v) is 6.57. The number of aryl methyl sites for hydroxylation is 1. The van der Waals surface area contributed by atoms with Crippen molar-refractivity contribution in [3.05, 3.63) is 35.4 Å². The molecule has 17 heavy (non-hydrogen) atoms. The van der Waals surface area contributed by atoms with Crippen LogP contribution in [-0.2, 0) is 6.42 Å². The van der Waals surface area contributed by atoms with Crippen molar-refractivity contribution in [2.45, 2.75) is 44.9 Å². The zero-order valence-corrected chi connectivity index (χ0v) is 12.2. The van der Waals surface area contributed by atoms with Gasteiger partial charge in [0.05, 0.1) is 0 Å². The average molecular weight is 305 g/mol. The Morgan fingerprint density at radius 3 is 2.47 bits per heavy atom. The SMILES string of the molecule is CC(C)(C)C(Br)CCCc1cc(F)ccc1F. The molecule has 0 nitrogen and oxygen atoms in total. The Morgan fingerprint density at radius 2 is 1.88 bits per heavy atom. The second kappa shape index (κ2) is 5.94. The molecule has 0 aromatic heterocycles. The molecule has 0 heterocycles. The first-order valence-corrected chi connectivity index (χ1v) is 6.80. The van der Waals surface area contributed by atoms with E-state index in [4.69, 9.17) is 0 Å². The minimum Gasteiger partial charge on any atom is -0.207 e. The molecule has 0 saturated heterocycles. The number of rotatable bonds is 4. The molecule has 0 amide bonds. The summed E-state index contributed by atoms with van der Waals surface area (Å²) >= 11 is 3.64. The lowest BCUT2D eigenvalue weighted by molar-refractivity contribution is 0.380. The molecule has 1 unspecified atom stereocenters. The van der Waals surface area contributed by atoms with Gasteiger partial charge in [-0.15, -0.1) is 0 Å². The lowest BCUT2D eigenvalue weighted by Crippen LogP contribution is -2.20. The topological polar surface area (TPSA) is 0 Å². The van der Waals surface area contributed by atoms with Crippen LogP contribution < -0.4 is 0 Å². The molecule has 0 bridgehead atoms. The van der Waals surface area contributed by atoms with Crippen LogP contribution in [0.4, 0.5) is 8.78 Å². The Labute approximate surface area is 111 Å². The number of halogens is 3. The van der Waals surface area contributed by atoms with E-state index in [9.17, 15) is 8.78 Å². The fraction of sp³-hybridized carbons (Fsp3) is 0.571. The summed E-state index contributed by atoms with van der Waals surface area (Å²) in [6, 6.07) is 3.64. The summed E-state index contributed by atoms with van der Waals surface area (Å²) in [5.41, 5.74) is 0.666. The third kappa shape index (κ3) is 4.74. The number of alkyl halides is 1. The van der Waals surface area contributed by atoms with Gasteiger partial charge in [0.25, 0.3) is 0 Å². The fourth-order valence-electron chi connectivity index (χ4n) is 1.64. The standard InChI is InChI=1S/C14H19BrF2/c1-14(2,3)13(15)6-4-5-10-9-11(16)7-8-12(10)17/h7-9,13H,4-6H2,1-3H3. The zero-order valence-electron chi connectivity index (χ0n) is 10.6. The highest BCUT2D eigenvalue weighted by atomic mass is 79.9. The van der Waals surface area contributed by atoms with Crippen LogP contribution in [0.2, 0.25) is 0 Å². The zero-order chi connectivity index (χ0) is 13.1. The molecule has 0 N–H and O–H groups in total. The minimum atomic E-state index is -0.368. The van der Waals surface area contributed by atoms with Crippen LogP contribution in [0.3, 0.4) is 0 Å². The third-order valence-corrected chi connectivity index (χ3v) is 4.68. The van der Waals surface area contributed by atoms with Crippen molar-refractivity contribution < 1.29 is 8.78 Å². The molecule has 0 radical (unpaired) electrons. The molecular formula is C14H19BrF2. The Morgan fingerprint density at radius 1 is 1.24 bits per heavy atom. The highest BCUT2D eigenvalue weighted by Gasteiger charge is 2.21. The summed E-state index contributed by atoms with van der Waals surface area (Å²) < 4.78 is 26.3. The molecule has 1 atom stereocenters. The Balaban J connectivity index is 2.49. The number of benzene rings is 1. The molecule has 0 aliphatic carbocycles. The molecule has 3 heteroatoms. The number of hydrogen-bond acceptors (Lipinski definition) is 0. The molecular weight excluding hydrogens is 286 g/mol. The van der Waals surface area contributed by atoms with Crippen molar-refractivity contribution in [2.75, 3.05) is 0 Å². The summed E-state index contributed by atoms with van der Waals surface area (Å²) in [5, 5.41) is 0. The largest absolute Gasteiger partial charge is 0.207 e. The minimum absolute atomic E-state index is 0.195. The van der Waals surface area contributed by atoms with Crippen molar-refractivity contribution in [2.24, 2.45) is 5.41 Å². The first-order chi connectivity index (χ1) is 7.80. The van der Waals surface area contributed by atoms with E-state index in [0.717, 1.165) is 18.9 Å². The molecule has 1 aromatic carbocycles. The van der Waals surface area contributed by atoms with Crippen LogP contribution in [0.15, 0.2) is 18.2 Å². The molecule has 96 valence electrons.